The molecule has 1 heterocycles. The average molecular weight is 225 g/mol. The quantitative estimate of drug-likeness (QED) is 0.726. The van der Waals surface area contributed by atoms with Crippen molar-refractivity contribution in [3.05, 3.63) is 22.4 Å². The molecule has 1 unspecified atom stereocenters. The van der Waals surface area contributed by atoms with Gasteiger partial charge in [-0.05, 0) is 31.2 Å². The molecular weight excluding hydrogens is 202 g/mol. The predicted molar refractivity (Wildman–Crippen MR) is 69.5 cm³/mol. The van der Waals surface area contributed by atoms with Gasteiger partial charge in [-0.3, -0.25) is 0 Å². The maximum atomic E-state index is 3.71. The summed E-state index contributed by atoms with van der Waals surface area (Å²) in [5.41, 5.74) is 0. The predicted octanol–water partition coefficient (Wildman–Crippen LogP) is 4.37. The molecule has 86 valence electrons. The third-order valence-electron chi connectivity index (χ3n) is 2.85. The van der Waals surface area contributed by atoms with Gasteiger partial charge in [0.2, 0.25) is 0 Å². The van der Waals surface area contributed by atoms with E-state index in [4.69, 9.17) is 0 Å². The van der Waals surface area contributed by atoms with E-state index in [-0.39, 0.29) is 0 Å². The Bertz CT molecular complexity index is 243. The highest BCUT2D eigenvalue weighted by Gasteiger charge is 2.11. The van der Waals surface area contributed by atoms with Crippen molar-refractivity contribution in [2.75, 3.05) is 0 Å². The first-order valence-electron chi connectivity index (χ1n) is 6.07. The summed E-state index contributed by atoms with van der Waals surface area (Å²) < 4.78 is 0. The van der Waals surface area contributed by atoms with Crippen LogP contribution in [0.15, 0.2) is 17.5 Å². The van der Waals surface area contributed by atoms with Gasteiger partial charge in [-0.25, -0.2) is 0 Å². The molecule has 0 amide bonds. The molecule has 1 aromatic heterocycles. The minimum absolute atomic E-state index is 0.506. The molecular formula is C13H23NS. The molecule has 0 fully saturated rings. The van der Waals surface area contributed by atoms with Gasteiger partial charge in [0.1, 0.15) is 0 Å². The Balaban J connectivity index is 2.37. The fourth-order valence-corrected chi connectivity index (χ4v) is 2.57. The molecule has 0 radical (unpaired) electrons. The first-order chi connectivity index (χ1) is 7.27. The van der Waals surface area contributed by atoms with Crippen LogP contribution in [0.5, 0.6) is 0 Å². The van der Waals surface area contributed by atoms with Crippen molar-refractivity contribution in [2.45, 2.75) is 58.5 Å². The second-order valence-corrected chi connectivity index (χ2v) is 5.13. The van der Waals surface area contributed by atoms with Crippen LogP contribution in [-0.2, 0) is 0 Å². The first kappa shape index (κ1) is 12.7. The lowest BCUT2D eigenvalue weighted by Gasteiger charge is -2.21. The normalized spacial score (nSPS) is 15.1. The van der Waals surface area contributed by atoms with Crippen LogP contribution < -0.4 is 5.32 Å². The number of thiophene rings is 1. The SMILES string of the molecule is CCCCC(CC)N[C@H](C)c1cccs1. The van der Waals surface area contributed by atoms with Crippen LogP contribution in [0.4, 0.5) is 0 Å². The zero-order valence-corrected chi connectivity index (χ0v) is 10.9. The number of unbranched alkanes of at least 4 members (excludes halogenated alkanes) is 1. The molecule has 2 heteroatoms. The van der Waals surface area contributed by atoms with Crippen LogP contribution in [0.2, 0.25) is 0 Å². The summed E-state index contributed by atoms with van der Waals surface area (Å²) in [6, 6.07) is 5.54. The summed E-state index contributed by atoms with van der Waals surface area (Å²) in [7, 11) is 0. The van der Waals surface area contributed by atoms with Crippen molar-refractivity contribution >= 4 is 11.3 Å². The molecule has 1 nitrogen and oxygen atoms in total. The van der Waals surface area contributed by atoms with Gasteiger partial charge in [0.15, 0.2) is 0 Å². The molecule has 1 aromatic rings. The zero-order valence-electron chi connectivity index (χ0n) is 10.1. The highest BCUT2D eigenvalue weighted by atomic mass is 32.1. The molecule has 0 saturated heterocycles. The lowest BCUT2D eigenvalue weighted by atomic mass is 10.1. The topological polar surface area (TPSA) is 12.0 Å². The molecule has 1 rings (SSSR count). The highest BCUT2D eigenvalue weighted by Crippen LogP contribution is 2.20. The van der Waals surface area contributed by atoms with Crippen molar-refractivity contribution in [1.29, 1.82) is 0 Å². The van der Waals surface area contributed by atoms with Gasteiger partial charge in [0.25, 0.3) is 0 Å². The van der Waals surface area contributed by atoms with Gasteiger partial charge in [-0.2, -0.15) is 0 Å². The van der Waals surface area contributed by atoms with Crippen LogP contribution in [0.25, 0.3) is 0 Å². The molecule has 0 saturated carbocycles. The van der Waals surface area contributed by atoms with Gasteiger partial charge in [-0.15, -0.1) is 11.3 Å². The van der Waals surface area contributed by atoms with Crippen molar-refractivity contribution in [3.63, 3.8) is 0 Å². The zero-order chi connectivity index (χ0) is 11.1. The van der Waals surface area contributed by atoms with Gasteiger partial charge in [0, 0.05) is 17.0 Å². The monoisotopic (exact) mass is 225 g/mol. The minimum Gasteiger partial charge on any atom is -0.307 e. The maximum Gasteiger partial charge on any atom is 0.0388 e. The van der Waals surface area contributed by atoms with E-state index in [1.54, 1.807) is 0 Å². The number of rotatable bonds is 7. The fraction of sp³-hybridized carbons (Fsp3) is 0.692. The molecule has 2 atom stereocenters. The number of hydrogen-bond acceptors (Lipinski definition) is 2. The van der Waals surface area contributed by atoms with E-state index in [0.29, 0.717) is 12.1 Å². The molecule has 1 N–H and O–H groups in total. The molecule has 0 aliphatic rings. The van der Waals surface area contributed by atoms with Crippen LogP contribution >= 0.6 is 11.3 Å². The Labute approximate surface area is 97.9 Å². The average Bonchev–Trinajstić information content (AvgIpc) is 2.77. The largest absolute Gasteiger partial charge is 0.307 e. The highest BCUT2D eigenvalue weighted by molar-refractivity contribution is 7.10. The molecule has 0 aliphatic heterocycles. The van der Waals surface area contributed by atoms with Gasteiger partial charge < -0.3 is 5.32 Å². The van der Waals surface area contributed by atoms with E-state index >= 15 is 0 Å². The van der Waals surface area contributed by atoms with Crippen molar-refractivity contribution < 1.29 is 0 Å². The molecule has 0 aromatic carbocycles. The summed E-state index contributed by atoms with van der Waals surface area (Å²) in [4.78, 5) is 1.45. The Morgan fingerprint density at radius 1 is 1.40 bits per heavy atom. The molecule has 0 bridgehead atoms. The second-order valence-electron chi connectivity index (χ2n) is 4.15. The van der Waals surface area contributed by atoms with Crippen LogP contribution in [0.1, 0.15) is 57.4 Å². The standard InChI is InChI=1S/C13H23NS/c1-4-6-8-12(5-2)14-11(3)13-9-7-10-15-13/h7,9-12,14H,4-6,8H2,1-3H3/t11-,12?/m1/s1. The smallest absolute Gasteiger partial charge is 0.0388 e. The van der Waals surface area contributed by atoms with Crippen molar-refractivity contribution in [3.8, 4) is 0 Å². The van der Waals surface area contributed by atoms with E-state index in [1.165, 1.54) is 30.6 Å². The van der Waals surface area contributed by atoms with Gasteiger partial charge >= 0.3 is 0 Å². The van der Waals surface area contributed by atoms with E-state index in [1.807, 2.05) is 11.3 Å². The third kappa shape index (κ3) is 4.35. The summed E-state index contributed by atoms with van der Waals surface area (Å²) >= 11 is 1.84. The molecule has 0 aliphatic carbocycles. The minimum atomic E-state index is 0.506. The van der Waals surface area contributed by atoms with Crippen molar-refractivity contribution in [2.24, 2.45) is 0 Å². The Hall–Kier alpha value is -0.340. The summed E-state index contributed by atoms with van der Waals surface area (Å²) in [6.45, 7) is 6.80. The lowest BCUT2D eigenvalue weighted by Crippen LogP contribution is -2.30. The van der Waals surface area contributed by atoms with E-state index in [2.05, 4.69) is 43.6 Å². The van der Waals surface area contributed by atoms with Crippen LogP contribution in [-0.4, -0.2) is 6.04 Å². The third-order valence-corrected chi connectivity index (χ3v) is 3.91. The van der Waals surface area contributed by atoms with E-state index < -0.39 is 0 Å². The molecule has 0 spiro atoms. The van der Waals surface area contributed by atoms with Gasteiger partial charge in [-0.1, -0.05) is 32.8 Å². The lowest BCUT2D eigenvalue weighted by molar-refractivity contribution is 0.413. The summed E-state index contributed by atoms with van der Waals surface area (Å²) in [6.07, 6.45) is 5.17. The second kappa shape index (κ2) is 7.02. The number of nitrogens with one attached hydrogen (secondary N) is 1. The summed E-state index contributed by atoms with van der Waals surface area (Å²) in [5.74, 6) is 0. The van der Waals surface area contributed by atoms with Gasteiger partial charge in [0.05, 0.1) is 0 Å². The Kier molecular flexibility index (Phi) is 5.96. The fourth-order valence-electron chi connectivity index (χ4n) is 1.83. The summed E-state index contributed by atoms with van der Waals surface area (Å²) in [5, 5.41) is 5.87. The van der Waals surface area contributed by atoms with Crippen LogP contribution in [0.3, 0.4) is 0 Å². The maximum absolute atomic E-state index is 3.71. The molecule has 15 heavy (non-hydrogen) atoms. The Morgan fingerprint density at radius 2 is 2.20 bits per heavy atom. The Morgan fingerprint density at radius 3 is 2.73 bits per heavy atom. The van der Waals surface area contributed by atoms with Crippen LogP contribution in [0, 0.1) is 0 Å². The van der Waals surface area contributed by atoms with Crippen molar-refractivity contribution in [1.82, 2.24) is 5.32 Å². The van der Waals surface area contributed by atoms with E-state index in [9.17, 15) is 0 Å². The number of hydrogen-bond donors (Lipinski definition) is 1. The van der Waals surface area contributed by atoms with E-state index in [0.717, 1.165) is 0 Å². The first-order valence-corrected chi connectivity index (χ1v) is 6.95.